The van der Waals surface area contributed by atoms with E-state index in [1.807, 2.05) is 23.6 Å². The minimum absolute atomic E-state index is 0.157. The van der Waals surface area contributed by atoms with Crippen molar-refractivity contribution in [3.63, 3.8) is 0 Å². The first-order chi connectivity index (χ1) is 16.0. The highest BCUT2D eigenvalue weighted by atomic mass is 32.1. The summed E-state index contributed by atoms with van der Waals surface area (Å²) < 4.78 is 29.0. The van der Waals surface area contributed by atoms with Crippen LogP contribution in [0.2, 0.25) is 0 Å². The molecule has 33 heavy (non-hydrogen) atoms. The van der Waals surface area contributed by atoms with Crippen LogP contribution in [0.1, 0.15) is 33.3 Å². The Bertz CT molecular complexity index is 1180. The summed E-state index contributed by atoms with van der Waals surface area (Å²) in [6.45, 7) is -0.499. The summed E-state index contributed by atoms with van der Waals surface area (Å²) >= 11 is 1.53. The van der Waals surface area contributed by atoms with Crippen molar-refractivity contribution < 1.29 is 28.2 Å². The van der Waals surface area contributed by atoms with Crippen molar-refractivity contribution in [2.24, 2.45) is 5.10 Å². The van der Waals surface area contributed by atoms with Crippen LogP contribution in [-0.2, 0) is 9.53 Å². The maximum Gasteiger partial charge on any atom is 0.338 e. The lowest BCUT2D eigenvalue weighted by molar-refractivity contribution is -0.136. The molecule has 3 aromatic rings. The fourth-order valence-electron chi connectivity index (χ4n) is 3.51. The second kappa shape index (κ2) is 9.83. The Balaban J connectivity index is 1.56. The van der Waals surface area contributed by atoms with Gasteiger partial charge in [0.05, 0.1) is 36.4 Å². The largest absolute Gasteiger partial charge is 0.493 e. The van der Waals surface area contributed by atoms with Crippen molar-refractivity contribution in [1.29, 1.82) is 0 Å². The molecule has 0 saturated heterocycles. The van der Waals surface area contributed by atoms with Crippen LogP contribution in [0.5, 0.6) is 11.5 Å². The normalized spacial score (nSPS) is 15.2. The van der Waals surface area contributed by atoms with Crippen LogP contribution in [-0.4, -0.2) is 43.4 Å². The Labute approximate surface area is 194 Å². The molecule has 0 saturated carbocycles. The highest BCUT2D eigenvalue weighted by Gasteiger charge is 2.34. The van der Waals surface area contributed by atoms with Gasteiger partial charge in [-0.2, -0.15) is 5.10 Å². The molecule has 0 N–H and O–H groups in total. The predicted octanol–water partition coefficient (Wildman–Crippen LogP) is 4.44. The van der Waals surface area contributed by atoms with Gasteiger partial charge in [0.25, 0.3) is 5.91 Å². The van der Waals surface area contributed by atoms with Crippen molar-refractivity contribution in [2.75, 3.05) is 20.8 Å². The number of halogens is 1. The minimum Gasteiger partial charge on any atom is -0.493 e. The average Bonchev–Trinajstić information content (AvgIpc) is 3.52. The summed E-state index contributed by atoms with van der Waals surface area (Å²) in [5.74, 6) is -0.545. The Morgan fingerprint density at radius 2 is 1.85 bits per heavy atom. The van der Waals surface area contributed by atoms with Crippen LogP contribution >= 0.6 is 11.3 Å². The molecule has 2 heterocycles. The Hall–Kier alpha value is -3.72. The summed E-state index contributed by atoms with van der Waals surface area (Å²) in [5.41, 5.74) is 1.73. The second-order valence-corrected chi connectivity index (χ2v) is 8.13. The van der Waals surface area contributed by atoms with E-state index in [9.17, 15) is 14.0 Å². The number of hydrazone groups is 1. The molecular weight excluding hydrogens is 447 g/mol. The van der Waals surface area contributed by atoms with Gasteiger partial charge in [0.2, 0.25) is 0 Å². The van der Waals surface area contributed by atoms with E-state index < -0.39 is 30.3 Å². The van der Waals surface area contributed by atoms with Gasteiger partial charge >= 0.3 is 5.97 Å². The first-order valence-corrected chi connectivity index (χ1v) is 11.0. The molecule has 0 bridgehead atoms. The number of methoxy groups -OCH3 is 2. The van der Waals surface area contributed by atoms with Gasteiger partial charge in [-0.25, -0.2) is 14.2 Å². The molecule has 1 aromatic heterocycles. The molecule has 9 heteroatoms. The zero-order chi connectivity index (χ0) is 23.4. The second-order valence-electron chi connectivity index (χ2n) is 7.18. The fraction of sp³-hybridized carbons (Fsp3) is 0.208. The molecule has 0 spiro atoms. The van der Waals surface area contributed by atoms with Gasteiger partial charge in [-0.15, -0.1) is 11.3 Å². The zero-order valence-corrected chi connectivity index (χ0v) is 18.8. The smallest absolute Gasteiger partial charge is 0.338 e. The molecular formula is C24H21FN2O5S. The average molecular weight is 469 g/mol. The van der Waals surface area contributed by atoms with E-state index in [1.165, 1.54) is 28.5 Å². The first-order valence-electron chi connectivity index (χ1n) is 10.1. The fourth-order valence-corrected chi connectivity index (χ4v) is 4.24. The van der Waals surface area contributed by atoms with Crippen LogP contribution in [0.15, 0.2) is 65.1 Å². The van der Waals surface area contributed by atoms with Crippen molar-refractivity contribution in [2.45, 2.75) is 12.5 Å². The van der Waals surface area contributed by atoms with Crippen molar-refractivity contribution in [3.05, 3.63) is 81.8 Å². The Morgan fingerprint density at radius 3 is 2.52 bits per heavy atom. The molecule has 7 nitrogen and oxygen atoms in total. The van der Waals surface area contributed by atoms with Gasteiger partial charge in [-0.05, 0) is 53.4 Å². The van der Waals surface area contributed by atoms with E-state index in [-0.39, 0.29) is 5.56 Å². The number of benzene rings is 2. The number of carbonyl (C=O) groups excluding carboxylic acids is 2. The lowest BCUT2D eigenvalue weighted by Gasteiger charge is -2.22. The van der Waals surface area contributed by atoms with Crippen LogP contribution in [0.25, 0.3) is 0 Å². The molecule has 1 amide bonds. The monoisotopic (exact) mass is 468 g/mol. The predicted molar refractivity (Wildman–Crippen MR) is 121 cm³/mol. The summed E-state index contributed by atoms with van der Waals surface area (Å²) in [6, 6.07) is 13.8. The van der Waals surface area contributed by atoms with Gasteiger partial charge in [0, 0.05) is 6.42 Å². The molecule has 0 fully saturated rings. The van der Waals surface area contributed by atoms with Crippen LogP contribution in [0.4, 0.5) is 4.39 Å². The molecule has 1 aliphatic heterocycles. The maximum atomic E-state index is 13.1. The van der Waals surface area contributed by atoms with E-state index in [2.05, 4.69) is 5.10 Å². The Kier molecular flexibility index (Phi) is 6.69. The maximum absolute atomic E-state index is 13.1. The SMILES string of the molecule is COc1ccc([C@H]2CC(c3cccs3)=NN2C(=O)COC(=O)c2ccc(F)cc2)cc1OC. The highest BCUT2D eigenvalue weighted by Crippen LogP contribution is 2.37. The first kappa shape index (κ1) is 22.5. The number of thiophene rings is 1. The van der Waals surface area contributed by atoms with E-state index in [0.29, 0.717) is 17.9 Å². The van der Waals surface area contributed by atoms with Crippen LogP contribution < -0.4 is 9.47 Å². The minimum atomic E-state index is -0.715. The summed E-state index contributed by atoms with van der Waals surface area (Å²) in [7, 11) is 3.10. The van der Waals surface area contributed by atoms with Gasteiger partial charge in [-0.3, -0.25) is 4.79 Å². The van der Waals surface area contributed by atoms with E-state index in [1.54, 1.807) is 26.4 Å². The van der Waals surface area contributed by atoms with E-state index in [4.69, 9.17) is 14.2 Å². The number of hydrogen-bond acceptors (Lipinski definition) is 7. The number of esters is 1. The van der Waals surface area contributed by atoms with Gasteiger partial charge in [0.1, 0.15) is 5.82 Å². The summed E-state index contributed by atoms with van der Waals surface area (Å²) in [4.78, 5) is 26.3. The van der Waals surface area contributed by atoms with Crippen molar-refractivity contribution in [3.8, 4) is 11.5 Å². The number of ether oxygens (including phenoxy) is 3. The van der Waals surface area contributed by atoms with Crippen molar-refractivity contribution >= 4 is 28.9 Å². The molecule has 0 aliphatic carbocycles. The lowest BCUT2D eigenvalue weighted by Crippen LogP contribution is -2.31. The summed E-state index contributed by atoms with van der Waals surface area (Å²) in [5, 5.41) is 7.83. The van der Waals surface area contributed by atoms with Gasteiger partial charge < -0.3 is 14.2 Å². The molecule has 0 unspecified atom stereocenters. The quantitative estimate of drug-likeness (QED) is 0.479. The standard InChI is InChI=1S/C24H21FN2O5S/c1-30-20-10-7-16(12-21(20)31-2)19-13-18(22-4-3-11-33-22)26-27(19)23(28)14-32-24(29)15-5-8-17(25)9-6-15/h3-12,19H,13-14H2,1-2H3/t19-/m1/s1. The lowest BCUT2D eigenvalue weighted by atomic mass is 10.0. The zero-order valence-electron chi connectivity index (χ0n) is 18.0. The molecule has 2 aromatic carbocycles. The topological polar surface area (TPSA) is 77.4 Å². The van der Waals surface area contributed by atoms with E-state index in [0.717, 1.165) is 28.3 Å². The molecule has 170 valence electrons. The van der Waals surface area contributed by atoms with Crippen LogP contribution in [0, 0.1) is 5.82 Å². The summed E-state index contributed by atoms with van der Waals surface area (Å²) in [6.07, 6.45) is 0.494. The van der Waals surface area contributed by atoms with Gasteiger partial charge in [0.15, 0.2) is 18.1 Å². The highest BCUT2D eigenvalue weighted by molar-refractivity contribution is 7.12. The number of carbonyl (C=O) groups is 2. The molecule has 1 aliphatic rings. The number of nitrogens with zero attached hydrogens (tertiary/aromatic N) is 2. The third-order valence-corrected chi connectivity index (χ3v) is 6.09. The van der Waals surface area contributed by atoms with E-state index >= 15 is 0 Å². The third kappa shape index (κ3) is 4.88. The van der Waals surface area contributed by atoms with Crippen molar-refractivity contribution in [1.82, 2.24) is 5.01 Å². The van der Waals surface area contributed by atoms with Crippen LogP contribution in [0.3, 0.4) is 0 Å². The number of rotatable bonds is 7. The number of hydrogen-bond donors (Lipinski definition) is 0. The molecule has 1 atom stereocenters. The molecule has 0 radical (unpaired) electrons. The Morgan fingerprint density at radius 1 is 1.09 bits per heavy atom. The molecule has 4 rings (SSSR count). The third-order valence-electron chi connectivity index (χ3n) is 5.17. The van der Waals surface area contributed by atoms with Gasteiger partial charge in [-0.1, -0.05) is 12.1 Å². The number of amides is 1.